The van der Waals surface area contributed by atoms with Crippen molar-refractivity contribution in [3.8, 4) is 11.5 Å². The highest BCUT2D eigenvalue weighted by atomic mass is 16.6. The third kappa shape index (κ3) is 10.5. The molecule has 3 atom stereocenters. The van der Waals surface area contributed by atoms with Gasteiger partial charge in [-0.3, -0.25) is 0 Å². The summed E-state index contributed by atoms with van der Waals surface area (Å²) in [5.74, 6) is 0.620. The van der Waals surface area contributed by atoms with Crippen LogP contribution in [0.5, 0.6) is 11.5 Å². The molecule has 0 heterocycles. The highest BCUT2D eigenvalue weighted by Crippen LogP contribution is 2.33. The predicted molar refractivity (Wildman–Crippen MR) is 140 cm³/mol. The second-order valence-corrected chi connectivity index (χ2v) is 9.12. The highest BCUT2D eigenvalue weighted by Gasteiger charge is 2.23. The minimum Gasteiger partial charge on any atom is -0.491 e. The van der Waals surface area contributed by atoms with Gasteiger partial charge in [0.1, 0.15) is 43.5 Å². The van der Waals surface area contributed by atoms with E-state index in [0.717, 1.165) is 17.2 Å². The average molecular weight is 518 g/mol. The van der Waals surface area contributed by atoms with Crippen molar-refractivity contribution in [2.45, 2.75) is 44.2 Å². The summed E-state index contributed by atoms with van der Waals surface area (Å²) in [6.07, 6.45) is -1.25. The Morgan fingerprint density at radius 3 is 1.84 bits per heavy atom. The molecule has 2 rings (SSSR count). The summed E-state index contributed by atoms with van der Waals surface area (Å²) >= 11 is 0. The number of aliphatic hydroxyl groups is 3. The summed E-state index contributed by atoms with van der Waals surface area (Å²) in [5.41, 5.74) is 1.84. The Morgan fingerprint density at radius 2 is 1.38 bits per heavy atom. The van der Waals surface area contributed by atoms with Crippen LogP contribution in [0.3, 0.4) is 0 Å². The summed E-state index contributed by atoms with van der Waals surface area (Å²) in [6, 6.07) is 15.2. The summed E-state index contributed by atoms with van der Waals surface area (Å²) < 4.78 is 21.3. The molecule has 2 aromatic rings. The van der Waals surface area contributed by atoms with Gasteiger partial charge >= 0.3 is 5.97 Å². The van der Waals surface area contributed by atoms with Crippen LogP contribution in [0.4, 0.5) is 0 Å². The predicted octanol–water partition coefficient (Wildman–Crippen LogP) is 2.17. The molecule has 0 radical (unpaired) electrons. The monoisotopic (exact) mass is 517 g/mol. The molecule has 0 aliphatic rings. The number of aliphatic hydroxyl groups excluding tert-OH is 3. The van der Waals surface area contributed by atoms with Gasteiger partial charge in [0.15, 0.2) is 6.29 Å². The third-order valence-corrected chi connectivity index (χ3v) is 5.74. The fourth-order valence-corrected chi connectivity index (χ4v) is 3.39. The Morgan fingerprint density at radius 1 is 0.892 bits per heavy atom. The number of carbonyl (C=O) groups excluding carboxylic acids is 1. The van der Waals surface area contributed by atoms with Crippen LogP contribution in [-0.2, 0) is 19.7 Å². The van der Waals surface area contributed by atoms with Crippen molar-refractivity contribution in [2.24, 2.45) is 0 Å². The van der Waals surface area contributed by atoms with Crippen LogP contribution in [0, 0.1) is 0 Å². The number of benzene rings is 2. The van der Waals surface area contributed by atoms with Gasteiger partial charge in [-0.05, 0) is 49.0 Å². The van der Waals surface area contributed by atoms with Gasteiger partial charge in [-0.1, -0.05) is 44.7 Å². The van der Waals surface area contributed by atoms with Crippen molar-refractivity contribution in [1.82, 2.24) is 5.32 Å². The van der Waals surface area contributed by atoms with Gasteiger partial charge in [0, 0.05) is 17.9 Å². The normalized spacial score (nSPS) is 13.9. The SMILES string of the molecule is C=CC(=O)OCC(O)COc1ccc(C(C)(C)c2ccc(OCC(O)COC(O)CCNC)cc2)cc1. The molecule has 0 amide bonds. The van der Waals surface area contributed by atoms with E-state index < -0.39 is 24.5 Å². The van der Waals surface area contributed by atoms with Gasteiger partial charge in [-0.2, -0.15) is 0 Å². The van der Waals surface area contributed by atoms with Crippen LogP contribution >= 0.6 is 0 Å². The first-order valence-electron chi connectivity index (χ1n) is 12.2. The fourth-order valence-electron chi connectivity index (χ4n) is 3.39. The van der Waals surface area contributed by atoms with E-state index in [4.69, 9.17) is 18.9 Å². The Balaban J connectivity index is 1.84. The van der Waals surface area contributed by atoms with E-state index in [9.17, 15) is 20.1 Å². The first kappa shape index (κ1) is 30.3. The second-order valence-electron chi connectivity index (χ2n) is 9.12. The molecule has 0 aliphatic carbocycles. The van der Waals surface area contributed by atoms with E-state index in [0.29, 0.717) is 24.5 Å². The van der Waals surface area contributed by atoms with E-state index in [1.54, 1.807) is 7.05 Å². The second kappa shape index (κ2) is 15.3. The first-order chi connectivity index (χ1) is 17.6. The molecule has 37 heavy (non-hydrogen) atoms. The Bertz CT molecular complexity index is 946. The van der Waals surface area contributed by atoms with Gasteiger partial charge in [-0.25, -0.2) is 4.79 Å². The smallest absolute Gasteiger partial charge is 0.330 e. The van der Waals surface area contributed by atoms with Gasteiger partial charge in [0.2, 0.25) is 0 Å². The number of carbonyl (C=O) groups is 1. The summed E-state index contributed by atoms with van der Waals surface area (Å²) in [4.78, 5) is 11.1. The molecular formula is C28H39NO8. The van der Waals surface area contributed by atoms with E-state index in [1.165, 1.54) is 0 Å². The zero-order valence-electron chi connectivity index (χ0n) is 21.8. The number of esters is 1. The van der Waals surface area contributed by atoms with Crippen molar-refractivity contribution in [1.29, 1.82) is 0 Å². The van der Waals surface area contributed by atoms with Crippen LogP contribution in [0.15, 0.2) is 61.2 Å². The molecule has 3 unspecified atom stereocenters. The average Bonchev–Trinajstić information content (AvgIpc) is 2.91. The molecular weight excluding hydrogens is 478 g/mol. The van der Waals surface area contributed by atoms with Crippen LogP contribution < -0.4 is 14.8 Å². The summed E-state index contributed by atoms with van der Waals surface area (Å²) in [6.45, 7) is 8.00. The molecule has 4 N–H and O–H groups in total. The van der Waals surface area contributed by atoms with Gasteiger partial charge in [-0.15, -0.1) is 0 Å². The van der Waals surface area contributed by atoms with Crippen LogP contribution in [0.2, 0.25) is 0 Å². The third-order valence-electron chi connectivity index (χ3n) is 5.74. The van der Waals surface area contributed by atoms with E-state index in [2.05, 4.69) is 25.7 Å². The molecule has 9 nitrogen and oxygen atoms in total. The van der Waals surface area contributed by atoms with Crippen molar-refractivity contribution in [3.05, 3.63) is 72.3 Å². The van der Waals surface area contributed by atoms with E-state index in [1.807, 2.05) is 48.5 Å². The molecule has 0 saturated carbocycles. The number of nitrogens with one attached hydrogen (secondary N) is 1. The Hall–Kier alpha value is -2.95. The van der Waals surface area contributed by atoms with Crippen molar-refractivity contribution >= 4 is 5.97 Å². The number of hydrogen-bond donors (Lipinski definition) is 4. The van der Waals surface area contributed by atoms with E-state index >= 15 is 0 Å². The minimum absolute atomic E-state index is 0.00757. The number of hydrogen-bond acceptors (Lipinski definition) is 9. The molecule has 0 fully saturated rings. The van der Waals surface area contributed by atoms with Crippen molar-refractivity contribution in [2.75, 3.05) is 40.0 Å². The molecule has 9 heteroatoms. The standard InChI is InChI=1S/C28H39NO8/c1-5-26(32)36-18-22(30)16-34-24-10-6-20(7-11-24)28(2,3)21-8-12-25(13-9-21)35-17-23(31)19-37-27(33)14-15-29-4/h5-13,22-23,27,29-31,33H,1,14-19H2,2-4H3. The zero-order chi connectivity index (χ0) is 27.3. The lowest BCUT2D eigenvalue weighted by atomic mass is 9.78. The zero-order valence-corrected chi connectivity index (χ0v) is 21.8. The fraction of sp³-hybridized carbons (Fsp3) is 0.464. The maximum Gasteiger partial charge on any atom is 0.330 e. The summed E-state index contributed by atoms with van der Waals surface area (Å²) in [7, 11) is 1.79. The lowest BCUT2D eigenvalue weighted by molar-refractivity contribution is -0.141. The van der Waals surface area contributed by atoms with E-state index in [-0.39, 0.29) is 31.8 Å². The van der Waals surface area contributed by atoms with Crippen LogP contribution in [0.25, 0.3) is 0 Å². The Labute approximate surface area is 218 Å². The maximum absolute atomic E-state index is 11.1. The number of ether oxygens (including phenoxy) is 4. The first-order valence-corrected chi connectivity index (χ1v) is 12.2. The molecule has 204 valence electrons. The van der Waals surface area contributed by atoms with Gasteiger partial charge in [0.25, 0.3) is 0 Å². The topological polar surface area (TPSA) is 127 Å². The van der Waals surface area contributed by atoms with Gasteiger partial charge < -0.3 is 39.6 Å². The minimum atomic E-state index is -0.940. The molecule has 2 aromatic carbocycles. The van der Waals surface area contributed by atoms with Gasteiger partial charge in [0.05, 0.1) is 6.61 Å². The largest absolute Gasteiger partial charge is 0.491 e. The lowest BCUT2D eigenvalue weighted by Gasteiger charge is -2.26. The molecule has 0 aromatic heterocycles. The van der Waals surface area contributed by atoms with Crippen LogP contribution in [-0.4, -0.2) is 79.8 Å². The maximum atomic E-state index is 11.1. The molecule has 0 aliphatic heterocycles. The lowest BCUT2D eigenvalue weighted by Crippen LogP contribution is -2.28. The van der Waals surface area contributed by atoms with Crippen LogP contribution in [0.1, 0.15) is 31.4 Å². The quantitative estimate of drug-likeness (QED) is 0.142. The van der Waals surface area contributed by atoms with Crippen molar-refractivity contribution in [3.63, 3.8) is 0 Å². The Kier molecular flexibility index (Phi) is 12.5. The highest BCUT2D eigenvalue weighted by molar-refractivity contribution is 5.81. The number of rotatable bonds is 17. The molecule has 0 bridgehead atoms. The molecule has 0 spiro atoms. The van der Waals surface area contributed by atoms with Crippen molar-refractivity contribution < 1.29 is 39.1 Å². The summed E-state index contributed by atoms with van der Waals surface area (Å²) in [5, 5.41) is 32.5. The molecule has 0 saturated heterocycles.